The molecule has 0 aromatic heterocycles. The van der Waals surface area contributed by atoms with Crippen molar-refractivity contribution in [1.29, 1.82) is 0 Å². The van der Waals surface area contributed by atoms with Crippen LogP contribution in [0.4, 0.5) is 4.79 Å². The van der Waals surface area contributed by atoms with E-state index in [-0.39, 0.29) is 23.6 Å². The van der Waals surface area contributed by atoms with Crippen LogP contribution < -0.4 is 5.32 Å². The van der Waals surface area contributed by atoms with Gasteiger partial charge >= 0.3 is 0 Å². The maximum atomic E-state index is 12.5. The molecular weight excluding hydrogens is 372 g/mol. The largest absolute Gasteiger partial charge is 0.354 e. The molecule has 1 aromatic carbocycles. The van der Waals surface area contributed by atoms with Gasteiger partial charge in [-0.2, -0.15) is 0 Å². The maximum absolute atomic E-state index is 12.5. The van der Waals surface area contributed by atoms with Gasteiger partial charge in [0.1, 0.15) is 0 Å². The lowest BCUT2D eigenvalue weighted by molar-refractivity contribution is -0.124. The number of thioether (sulfide) groups is 1. The highest BCUT2D eigenvalue weighted by Crippen LogP contribution is 2.49. The Balaban J connectivity index is 1.26. The summed E-state index contributed by atoms with van der Waals surface area (Å²) in [5.41, 5.74) is 2.04. The summed E-state index contributed by atoms with van der Waals surface area (Å²) >= 11 is 0.960. The van der Waals surface area contributed by atoms with Crippen molar-refractivity contribution in [2.75, 3.05) is 13.1 Å². The number of hydrogen-bond donors (Lipinski definition) is 1. The Hall–Kier alpha value is -2.08. The van der Waals surface area contributed by atoms with Gasteiger partial charge < -0.3 is 5.32 Å². The summed E-state index contributed by atoms with van der Waals surface area (Å²) in [6.45, 7) is 2.54. The first-order valence-corrected chi connectivity index (χ1v) is 10.9. The first-order chi connectivity index (χ1) is 13.5. The molecule has 0 radical (unpaired) electrons. The zero-order valence-corrected chi connectivity index (χ0v) is 17.0. The van der Waals surface area contributed by atoms with Crippen molar-refractivity contribution >= 4 is 34.9 Å². The number of benzene rings is 1. The minimum atomic E-state index is -0.280. The molecule has 3 atom stereocenters. The topological polar surface area (TPSA) is 66.5 Å². The van der Waals surface area contributed by atoms with Crippen LogP contribution in [0.25, 0.3) is 6.08 Å². The Bertz CT molecular complexity index is 818. The summed E-state index contributed by atoms with van der Waals surface area (Å²) in [5.74, 6) is 1.84. The van der Waals surface area contributed by atoms with Crippen LogP contribution in [0.15, 0.2) is 29.2 Å². The Morgan fingerprint density at radius 3 is 2.68 bits per heavy atom. The number of aryl methyl sites for hydroxylation is 1. The van der Waals surface area contributed by atoms with Crippen molar-refractivity contribution in [2.45, 2.75) is 39.0 Å². The molecule has 5 nitrogen and oxygen atoms in total. The van der Waals surface area contributed by atoms with Gasteiger partial charge in [0.2, 0.25) is 5.91 Å². The van der Waals surface area contributed by atoms with E-state index >= 15 is 0 Å². The smallest absolute Gasteiger partial charge is 0.293 e. The number of carbonyl (C=O) groups is 3. The summed E-state index contributed by atoms with van der Waals surface area (Å²) in [6.07, 6.45) is 7.41. The van der Waals surface area contributed by atoms with E-state index in [1.807, 2.05) is 31.2 Å². The lowest BCUT2D eigenvalue weighted by Crippen LogP contribution is -2.38. The molecule has 3 fully saturated rings. The van der Waals surface area contributed by atoms with Gasteiger partial charge in [-0.1, -0.05) is 36.2 Å². The molecule has 28 heavy (non-hydrogen) atoms. The summed E-state index contributed by atoms with van der Waals surface area (Å²) < 4.78 is 0. The molecule has 1 aromatic rings. The highest BCUT2D eigenvalue weighted by atomic mass is 32.2. The standard InChI is InChI=1S/C22H26N2O3S/c1-14-2-4-15(5-3-14)12-19-21(26)24(22(27)28-19)9-8-23-20(25)13-18-11-16-6-7-17(18)10-16/h2-5,12,16-18H,6-11,13H2,1H3,(H,23,25)/b19-12-/t16-,17+,18-/m0/s1. The molecule has 148 valence electrons. The number of carbonyl (C=O) groups excluding carboxylic acids is 3. The molecule has 3 amide bonds. The molecule has 0 spiro atoms. The van der Waals surface area contributed by atoms with Gasteiger partial charge in [0.25, 0.3) is 11.1 Å². The summed E-state index contributed by atoms with van der Waals surface area (Å²) in [4.78, 5) is 38.6. The number of imide groups is 1. The van der Waals surface area contributed by atoms with E-state index in [0.717, 1.165) is 34.7 Å². The predicted molar refractivity (Wildman–Crippen MR) is 110 cm³/mol. The lowest BCUT2D eigenvalue weighted by atomic mass is 9.86. The second-order valence-corrected chi connectivity index (χ2v) is 9.23. The van der Waals surface area contributed by atoms with Crippen LogP contribution in [0.1, 0.15) is 43.2 Å². The average molecular weight is 399 g/mol. The Morgan fingerprint density at radius 2 is 2.00 bits per heavy atom. The number of nitrogens with zero attached hydrogens (tertiary/aromatic N) is 1. The lowest BCUT2D eigenvalue weighted by Gasteiger charge is -2.21. The highest BCUT2D eigenvalue weighted by molar-refractivity contribution is 8.18. The SMILES string of the molecule is Cc1ccc(/C=C2\SC(=O)N(CCNC(=O)C[C@@H]3C[C@H]4CC[C@@H]3C4)C2=O)cc1. The summed E-state index contributed by atoms with van der Waals surface area (Å²) in [7, 11) is 0. The minimum Gasteiger partial charge on any atom is -0.354 e. The molecular formula is C22H26N2O3S. The fourth-order valence-electron chi connectivity index (χ4n) is 4.75. The van der Waals surface area contributed by atoms with Crippen LogP contribution in [0.2, 0.25) is 0 Å². The predicted octanol–water partition coefficient (Wildman–Crippen LogP) is 3.97. The molecule has 2 saturated carbocycles. The molecule has 0 unspecified atom stereocenters. The number of rotatable bonds is 6. The molecule has 1 heterocycles. The molecule has 2 bridgehead atoms. The third-order valence-corrected chi connectivity index (χ3v) is 7.15. The third kappa shape index (κ3) is 4.17. The average Bonchev–Trinajstić information content (AvgIpc) is 3.35. The molecule has 4 rings (SSSR count). The molecule has 1 N–H and O–H groups in total. The van der Waals surface area contributed by atoms with Crippen molar-refractivity contribution < 1.29 is 14.4 Å². The Kier molecular flexibility index (Phi) is 5.58. The van der Waals surface area contributed by atoms with Gasteiger partial charge in [-0.25, -0.2) is 0 Å². The van der Waals surface area contributed by atoms with Crippen molar-refractivity contribution in [3.8, 4) is 0 Å². The number of hydrogen-bond acceptors (Lipinski definition) is 4. The van der Waals surface area contributed by atoms with Crippen LogP contribution in [0.3, 0.4) is 0 Å². The summed E-state index contributed by atoms with van der Waals surface area (Å²) in [6, 6.07) is 7.81. The van der Waals surface area contributed by atoms with Crippen LogP contribution in [0.5, 0.6) is 0 Å². The second kappa shape index (κ2) is 8.11. The van der Waals surface area contributed by atoms with E-state index < -0.39 is 0 Å². The Morgan fingerprint density at radius 1 is 1.21 bits per heavy atom. The second-order valence-electron chi connectivity index (χ2n) is 8.23. The first-order valence-electron chi connectivity index (χ1n) is 10.1. The third-order valence-electron chi connectivity index (χ3n) is 6.24. The van der Waals surface area contributed by atoms with Crippen molar-refractivity contribution in [3.63, 3.8) is 0 Å². The molecule has 2 aliphatic carbocycles. The normalized spacial score (nSPS) is 27.8. The van der Waals surface area contributed by atoms with Crippen LogP contribution in [0, 0.1) is 24.7 Å². The maximum Gasteiger partial charge on any atom is 0.293 e. The van der Waals surface area contributed by atoms with Crippen molar-refractivity contribution in [1.82, 2.24) is 10.2 Å². The summed E-state index contributed by atoms with van der Waals surface area (Å²) in [5, 5.41) is 2.62. The molecule has 3 aliphatic rings. The monoisotopic (exact) mass is 398 g/mol. The highest BCUT2D eigenvalue weighted by Gasteiger charge is 2.40. The number of fused-ring (bicyclic) bond motifs is 2. The van der Waals surface area contributed by atoms with Gasteiger partial charge in [-0.3, -0.25) is 19.3 Å². The van der Waals surface area contributed by atoms with E-state index in [0.29, 0.717) is 23.8 Å². The van der Waals surface area contributed by atoms with Gasteiger partial charge in [0.05, 0.1) is 4.91 Å². The van der Waals surface area contributed by atoms with Gasteiger partial charge in [-0.05, 0) is 67.3 Å². The number of amides is 3. The van der Waals surface area contributed by atoms with Crippen molar-refractivity contribution in [2.24, 2.45) is 17.8 Å². The zero-order chi connectivity index (χ0) is 19.7. The van der Waals surface area contributed by atoms with E-state index in [1.54, 1.807) is 6.08 Å². The minimum absolute atomic E-state index is 0.0414. The molecule has 1 saturated heterocycles. The van der Waals surface area contributed by atoms with Gasteiger partial charge in [-0.15, -0.1) is 0 Å². The van der Waals surface area contributed by atoms with E-state index in [1.165, 1.54) is 30.6 Å². The van der Waals surface area contributed by atoms with E-state index in [9.17, 15) is 14.4 Å². The van der Waals surface area contributed by atoms with Crippen molar-refractivity contribution in [3.05, 3.63) is 40.3 Å². The van der Waals surface area contributed by atoms with Crippen LogP contribution in [-0.4, -0.2) is 35.0 Å². The number of nitrogens with one attached hydrogen (secondary N) is 1. The quantitative estimate of drug-likeness (QED) is 0.736. The van der Waals surface area contributed by atoms with Gasteiger partial charge in [0, 0.05) is 19.5 Å². The van der Waals surface area contributed by atoms with Crippen LogP contribution in [-0.2, 0) is 9.59 Å². The Labute approximate surface area is 169 Å². The molecule has 6 heteroatoms. The zero-order valence-electron chi connectivity index (χ0n) is 16.1. The fraction of sp³-hybridized carbons (Fsp3) is 0.500. The molecule has 1 aliphatic heterocycles. The van der Waals surface area contributed by atoms with Crippen LogP contribution >= 0.6 is 11.8 Å². The fourth-order valence-corrected chi connectivity index (χ4v) is 5.62. The van der Waals surface area contributed by atoms with E-state index in [4.69, 9.17) is 0 Å². The van der Waals surface area contributed by atoms with E-state index in [2.05, 4.69) is 5.32 Å². The first kappa shape index (κ1) is 19.2. The van der Waals surface area contributed by atoms with Gasteiger partial charge in [0.15, 0.2) is 0 Å².